The zero-order valence-electron chi connectivity index (χ0n) is 19.9. The highest BCUT2D eigenvalue weighted by molar-refractivity contribution is 7.89. The van der Waals surface area contributed by atoms with Gasteiger partial charge in [0.25, 0.3) is 0 Å². The van der Waals surface area contributed by atoms with Gasteiger partial charge in [0.05, 0.1) is 4.90 Å². The van der Waals surface area contributed by atoms with Crippen LogP contribution in [0.1, 0.15) is 12.5 Å². The number of anilines is 1. The minimum atomic E-state index is -5.03. The Hall–Kier alpha value is -4.04. The van der Waals surface area contributed by atoms with Gasteiger partial charge in [-0.3, -0.25) is 4.79 Å². The van der Waals surface area contributed by atoms with Crippen LogP contribution in [0.2, 0.25) is 0 Å². The largest absolute Gasteiger partial charge is 0.475 e. The number of fused-ring (bicyclic) bond motifs is 2. The first-order valence-electron chi connectivity index (χ1n) is 11.5. The summed E-state index contributed by atoms with van der Waals surface area (Å²) in [6.45, 7) is 1.33. The summed E-state index contributed by atoms with van der Waals surface area (Å²) in [5.41, 5.74) is 1.72. The summed E-state index contributed by atoms with van der Waals surface area (Å²) in [5, 5.41) is 12.6. The molecule has 14 heteroatoms. The summed E-state index contributed by atoms with van der Waals surface area (Å²) in [5.74, 6) is -1.23. The molecule has 1 amide bonds. The van der Waals surface area contributed by atoms with Crippen LogP contribution in [0.4, 0.5) is 18.9 Å². The number of carbonyl (C=O) groups is 1. The van der Waals surface area contributed by atoms with Gasteiger partial charge >= 0.3 is 12.1 Å². The van der Waals surface area contributed by atoms with Gasteiger partial charge in [0, 0.05) is 29.9 Å². The second-order valence-corrected chi connectivity index (χ2v) is 10.4. The van der Waals surface area contributed by atoms with Crippen LogP contribution < -0.4 is 14.4 Å². The van der Waals surface area contributed by atoms with Crippen molar-refractivity contribution in [3.05, 3.63) is 66.2 Å². The Labute approximate surface area is 215 Å². The molecule has 198 valence electrons. The molecule has 1 aliphatic rings. The molecule has 2 aromatic heterocycles. The summed E-state index contributed by atoms with van der Waals surface area (Å²) in [6.07, 6.45) is -4.93. The predicted octanol–water partition coefficient (Wildman–Crippen LogP) is 2.99. The molecule has 3 heterocycles. The molecule has 1 aliphatic heterocycles. The van der Waals surface area contributed by atoms with Crippen LogP contribution in [0.25, 0.3) is 17.0 Å². The van der Waals surface area contributed by atoms with Gasteiger partial charge in [-0.15, -0.1) is 15.3 Å². The average Bonchev–Trinajstić information content (AvgIpc) is 3.45. The number of sulfonamides is 1. The van der Waals surface area contributed by atoms with E-state index >= 15 is 0 Å². The van der Waals surface area contributed by atoms with Crippen LogP contribution in [0.15, 0.2) is 65.6 Å². The highest BCUT2D eigenvalue weighted by Gasteiger charge is 2.47. The zero-order chi connectivity index (χ0) is 27.1. The number of halogens is 3. The summed E-state index contributed by atoms with van der Waals surface area (Å²) in [7, 11) is -3.99. The first-order chi connectivity index (χ1) is 18.0. The van der Waals surface area contributed by atoms with E-state index in [2.05, 4.69) is 20.0 Å². The van der Waals surface area contributed by atoms with E-state index in [1.165, 1.54) is 29.6 Å². The molecule has 0 bridgehead atoms. The Morgan fingerprint density at radius 1 is 1.11 bits per heavy atom. The molecule has 10 nitrogen and oxygen atoms in total. The third-order valence-electron chi connectivity index (χ3n) is 5.95. The first kappa shape index (κ1) is 25.6. The topological polar surface area (TPSA) is 119 Å². The van der Waals surface area contributed by atoms with Crippen LogP contribution in [-0.2, 0) is 21.2 Å². The number of nitrogens with one attached hydrogen (secondary N) is 1. The fourth-order valence-electron chi connectivity index (χ4n) is 4.25. The van der Waals surface area contributed by atoms with E-state index < -0.39 is 28.1 Å². The van der Waals surface area contributed by atoms with Gasteiger partial charge in [-0.1, -0.05) is 30.3 Å². The lowest BCUT2D eigenvalue weighted by atomic mass is 10.1. The molecule has 0 saturated carbocycles. The molecule has 38 heavy (non-hydrogen) atoms. The smallest absolute Gasteiger partial charge is 0.471 e. The minimum Gasteiger partial charge on any atom is -0.475 e. The molecule has 1 N–H and O–H groups in total. The van der Waals surface area contributed by atoms with Crippen molar-refractivity contribution in [1.29, 1.82) is 0 Å². The van der Waals surface area contributed by atoms with Gasteiger partial charge in [0.1, 0.15) is 6.61 Å². The SMILES string of the molecule is CC1Cc2cc(S(=O)(=O)NCCOc3ccc4nnc(-c5ccccc5)n4n3)ccc2N1C(=O)C(F)(F)F. The predicted molar refractivity (Wildman–Crippen MR) is 130 cm³/mol. The standard InChI is InChI=1S/C24H21F3N6O4S/c1-15-13-17-14-18(7-8-19(17)32(15)23(34)24(25,26)27)38(35,36)28-11-12-37-21-10-9-20-29-30-22(33(20)31-21)16-5-3-2-4-6-16/h2-10,14-15,28H,11-13H2,1H3. The Morgan fingerprint density at radius 3 is 2.61 bits per heavy atom. The van der Waals surface area contributed by atoms with E-state index in [0.29, 0.717) is 21.9 Å². The lowest BCUT2D eigenvalue weighted by Gasteiger charge is -2.23. The second-order valence-electron chi connectivity index (χ2n) is 8.59. The first-order valence-corrected chi connectivity index (χ1v) is 13.0. The Bertz CT molecular complexity index is 1610. The van der Waals surface area contributed by atoms with Crippen molar-refractivity contribution in [1.82, 2.24) is 24.5 Å². The van der Waals surface area contributed by atoms with Crippen molar-refractivity contribution in [2.45, 2.75) is 30.5 Å². The number of nitrogens with zero attached hydrogens (tertiary/aromatic N) is 5. The molecular weight excluding hydrogens is 525 g/mol. The molecule has 4 aromatic rings. The number of benzene rings is 2. The number of hydrogen-bond acceptors (Lipinski definition) is 7. The average molecular weight is 547 g/mol. The minimum absolute atomic E-state index is 0.0453. The van der Waals surface area contributed by atoms with Gasteiger partial charge < -0.3 is 9.64 Å². The van der Waals surface area contributed by atoms with Crippen LogP contribution in [0.3, 0.4) is 0 Å². The molecule has 0 saturated heterocycles. The van der Waals surface area contributed by atoms with Crippen molar-refractivity contribution in [2.75, 3.05) is 18.1 Å². The Morgan fingerprint density at radius 2 is 1.87 bits per heavy atom. The van der Waals surface area contributed by atoms with Gasteiger partial charge in [-0.25, -0.2) is 13.1 Å². The number of alkyl halides is 3. The maximum atomic E-state index is 13.0. The van der Waals surface area contributed by atoms with Gasteiger partial charge in [-0.2, -0.15) is 17.7 Å². The Balaban J connectivity index is 1.24. The quantitative estimate of drug-likeness (QED) is 0.354. The van der Waals surface area contributed by atoms with Crippen molar-refractivity contribution < 1.29 is 31.1 Å². The molecule has 5 rings (SSSR count). The van der Waals surface area contributed by atoms with E-state index in [1.807, 2.05) is 30.3 Å². The third kappa shape index (κ3) is 4.91. The molecule has 0 spiro atoms. The van der Waals surface area contributed by atoms with Gasteiger partial charge in [0.15, 0.2) is 11.5 Å². The monoisotopic (exact) mass is 546 g/mol. The number of rotatable bonds is 7. The summed E-state index contributed by atoms with van der Waals surface area (Å²) in [4.78, 5) is 12.3. The van der Waals surface area contributed by atoms with Crippen LogP contribution in [-0.4, -0.2) is 59.5 Å². The number of hydrogen-bond donors (Lipinski definition) is 1. The fraction of sp³-hybridized carbons (Fsp3) is 0.250. The molecule has 1 unspecified atom stereocenters. The van der Waals surface area contributed by atoms with E-state index in [0.717, 1.165) is 5.56 Å². The van der Waals surface area contributed by atoms with Crippen molar-refractivity contribution in [2.24, 2.45) is 0 Å². The molecule has 2 aromatic carbocycles. The molecular formula is C24H21F3N6O4S. The summed E-state index contributed by atoms with van der Waals surface area (Å²) < 4.78 is 74.0. The van der Waals surface area contributed by atoms with E-state index in [1.54, 1.807) is 12.1 Å². The van der Waals surface area contributed by atoms with Crippen molar-refractivity contribution in [3.8, 4) is 17.3 Å². The molecule has 0 aliphatic carbocycles. The van der Waals surface area contributed by atoms with Crippen molar-refractivity contribution in [3.63, 3.8) is 0 Å². The maximum absolute atomic E-state index is 13.0. The Kier molecular flexibility index (Phi) is 6.53. The number of ether oxygens (including phenoxy) is 1. The fourth-order valence-corrected chi connectivity index (χ4v) is 5.32. The van der Waals surface area contributed by atoms with Crippen LogP contribution in [0, 0.1) is 0 Å². The van der Waals surface area contributed by atoms with Crippen molar-refractivity contribution >= 4 is 27.3 Å². The number of carbonyl (C=O) groups excluding carboxylic acids is 1. The third-order valence-corrected chi connectivity index (χ3v) is 7.41. The zero-order valence-corrected chi connectivity index (χ0v) is 20.7. The lowest BCUT2D eigenvalue weighted by molar-refractivity contribution is -0.170. The lowest BCUT2D eigenvalue weighted by Crippen LogP contribution is -2.44. The molecule has 0 fully saturated rings. The molecule has 0 radical (unpaired) electrons. The van der Waals surface area contributed by atoms with E-state index in [4.69, 9.17) is 4.74 Å². The van der Waals surface area contributed by atoms with E-state index in [9.17, 15) is 26.4 Å². The molecule has 1 atom stereocenters. The van der Waals surface area contributed by atoms with E-state index in [-0.39, 0.29) is 36.0 Å². The van der Waals surface area contributed by atoms with Gasteiger partial charge in [0.2, 0.25) is 15.9 Å². The highest BCUT2D eigenvalue weighted by atomic mass is 32.2. The van der Waals surface area contributed by atoms with Crippen LogP contribution >= 0.6 is 0 Å². The van der Waals surface area contributed by atoms with Crippen LogP contribution in [0.5, 0.6) is 5.88 Å². The second kappa shape index (κ2) is 9.68. The maximum Gasteiger partial charge on any atom is 0.471 e. The number of amides is 1. The highest BCUT2D eigenvalue weighted by Crippen LogP contribution is 2.36. The summed E-state index contributed by atoms with van der Waals surface area (Å²) in [6, 6.07) is 15.5. The number of aromatic nitrogens is 4. The van der Waals surface area contributed by atoms with Gasteiger partial charge in [-0.05, 0) is 43.2 Å². The summed E-state index contributed by atoms with van der Waals surface area (Å²) >= 11 is 0. The normalized spacial score (nSPS) is 15.6.